The third-order valence-corrected chi connectivity index (χ3v) is 4.53. The number of methoxy groups -OCH3 is 1. The number of aromatic nitrogens is 1. The SMILES string of the molecule is COC1CC(n2c(C(C)(C)C)cc3ccc(C)cc32)C1. The Morgan fingerprint density at radius 1 is 1.15 bits per heavy atom. The molecule has 2 aromatic rings. The fourth-order valence-electron chi connectivity index (χ4n) is 3.24. The van der Waals surface area contributed by atoms with Crippen LogP contribution >= 0.6 is 0 Å². The highest BCUT2D eigenvalue weighted by Gasteiger charge is 2.34. The number of fused-ring (bicyclic) bond motifs is 1. The monoisotopic (exact) mass is 271 g/mol. The van der Waals surface area contributed by atoms with E-state index < -0.39 is 0 Å². The molecule has 1 fully saturated rings. The standard InChI is InChI=1S/C18H25NO/c1-12-6-7-13-9-17(18(2,3)4)19(16(13)8-12)14-10-15(11-14)20-5/h6-9,14-15H,10-11H2,1-5H3. The van der Waals surface area contributed by atoms with Gasteiger partial charge in [0.05, 0.1) is 6.10 Å². The Bertz CT molecular complexity index is 627. The minimum atomic E-state index is 0.172. The second kappa shape index (κ2) is 4.63. The first kappa shape index (κ1) is 13.7. The van der Waals surface area contributed by atoms with Crippen LogP contribution in [0.25, 0.3) is 10.9 Å². The molecule has 0 radical (unpaired) electrons. The first-order valence-electron chi connectivity index (χ1n) is 7.55. The van der Waals surface area contributed by atoms with Crippen LogP contribution in [0, 0.1) is 6.92 Å². The molecule has 0 spiro atoms. The number of ether oxygens (including phenoxy) is 1. The fourth-order valence-corrected chi connectivity index (χ4v) is 3.24. The topological polar surface area (TPSA) is 14.2 Å². The van der Waals surface area contributed by atoms with Gasteiger partial charge < -0.3 is 9.30 Å². The maximum atomic E-state index is 5.46. The molecule has 0 unspecified atom stereocenters. The molecule has 0 N–H and O–H groups in total. The van der Waals surface area contributed by atoms with Crippen molar-refractivity contribution in [1.29, 1.82) is 0 Å². The van der Waals surface area contributed by atoms with E-state index in [0.29, 0.717) is 12.1 Å². The van der Waals surface area contributed by atoms with Crippen molar-refractivity contribution in [3.63, 3.8) is 0 Å². The molecule has 1 aliphatic rings. The van der Waals surface area contributed by atoms with Gasteiger partial charge >= 0.3 is 0 Å². The fraction of sp³-hybridized carbons (Fsp3) is 0.556. The van der Waals surface area contributed by atoms with E-state index in [1.54, 1.807) is 0 Å². The van der Waals surface area contributed by atoms with Crippen molar-refractivity contribution in [2.75, 3.05) is 7.11 Å². The van der Waals surface area contributed by atoms with Gasteiger partial charge in [0.2, 0.25) is 0 Å². The quantitative estimate of drug-likeness (QED) is 0.778. The lowest BCUT2D eigenvalue weighted by Gasteiger charge is -2.38. The van der Waals surface area contributed by atoms with Gasteiger partial charge in [-0.25, -0.2) is 0 Å². The molecule has 2 nitrogen and oxygen atoms in total. The Balaban J connectivity index is 2.13. The highest BCUT2D eigenvalue weighted by atomic mass is 16.5. The van der Waals surface area contributed by atoms with Crippen LogP contribution in [-0.4, -0.2) is 17.8 Å². The molecule has 1 saturated carbocycles. The van der Waals surface area contributed by atoms with Gasteiger partial charge in [0, 0.05) is 29.8 Å². The molecule has 0 saturated heterocycles. The molecule has 1 heterocycles. The maximum Gasteiger partial charge on any atom is 0.0610 e. The lowest BCUT2D eigenvalue weighted by molar-refractivity contribution is 0.00617. The van der Waals surface area contributed by atoms with Gasteiger partial charge in [-0.3, -0.25) is 0 Å². The van der Waals surface area contributed by atoms with Crippen LogP contribution in [-0.2, 0) is 10.2 Å². The van der Waals surface area contributed by atoms with E-state index >= 15 is 0 Å². The van der Waals surface area contributed by atoms with Crippen LogP contribution in [0.15, 0.2) is 24.3 Å². The average molecular weight is 271 g/mol. The molecular formula is C18H25NO. The smallest absolute Gasteiger partial charge is 0.0610 e. The Morgan fingerprint density at radius 2 is 1.85 bits per heavy atom. The summed E-state index contributed by atoms with van der Waals surface area (Å²) in [6, 6.07) is 9.74. The summed E-state index contributed by atoms with van der Waals surface area (Å²) in [6.45, 7) is 9.08. The van der Waals surface area contributed by atoms with E-state index in [4.69, 9.17) is 4.74 Å². The molecule has 108 valence electrons. The Morgan fingerprint density at radius 3 is 2.45 bits per heavy atom. The second-order valence-electron chi connectivity index (χ2n) is 7.19. The van der Waals surface area contributed by atoms with Gasteiger partial charge in [0.1, 0.15) is 0 Å². The molecular weight excluding hydrogens is 246 g/mol. The van der Waals surface area contributed by atoms with E-state index in [9.17, 15) is 0 Å². The molecule has 0 aliphatic heterocycles. The van der Waals surface area contributed by atoms with E-state index in [2.05, 4.69) is 56.5 Å². The number of aryl methyl sites for hydroxylation is 1. The van der Waals surface area contributed by atoms with E-state index in [1.807, 2.05) is 7.11 Å². The first-order valence-corrected chi connectivity index (χ1v) is 7.55. The molecule has 1 aromatic carbocycles. The van der Waals surface area contributed by atoms with Crippen LogP contribution in [0.4, 0.5) is 0 Å². The maximum absolute atomic E-state index is 5.46. The van der Waals surface area contributed by atoms with Gasteiger partial charge in [-0.1, -0.05) is 32.9 Å². The molecule has 1 aromatic heterocycles. The first-order chi connectivity index (χ1) is 9.40. The highest BCUT2D eigenvalue weighted by molar-refractivity contribution is 5.82. The predicted octanol–water partition coefficient (Wildman–Crippen LogP) is 4.60. The summed E-state index contributed by atoms with van der Waals surface area (Å²) in [7, 11) is 1.82. The van der Waals surface area contributed by atoms with Crippen molar-refractivity contribution >= 4 is 10.9 Å². The molecule has 0 atom stereocenters. The second-order valence-corrected chi connectivity index (χ2v) is 7.19. The molecule has 3 rings (SSSR count). The van der Waals surface area contributed by atoms with Gasteiger partial charge in [0.15, 0.2) is 0 Å². The van der Waals surface area contributed by atoms with Crippen LogP contribution in [0.2, 0.25) is 0 Å². The van der Waals surface area contributed by atoms with Crippen LogP contribution in [0.5, 0.6) is 0 Å². The lowest BCUT2D eigenvalue weighted by Crippen LogP contribution is -2.34. The largest absolute Gasteiger partial charge is 0.381 e. The molecule has 0 amide bonds. The third-order valence-electron chi connectivity index (χ3n) is 4.53. The van der Waals surface area contributed by atoms with Crippen molar-refractivity contribution < 1.29 is 4.74 Å². The number of rotatable bonds is 2. The van der Waals surface area contributed by atoms with Gasteiger partial charge in [-0.2, -0.15) is 0 Å². The Kier molecular flexibility index (Phi) is 3.17. The van der Waals surface area contributed by atoms with Gasteiger partial charge in [0.25, 0.3) is 0 Å². The Hall–Kier alpha value is -1.28. The van der Waals surface area contributed by atoms with Crippen LogP contribution in [0.1, 0.15) is 50.9 Å². The highest BCUT2D eigenvalue weighted by Crippen LogP contribution is 2.41. The lowest BCUT2D eigenvalue weighted by atomic mass is 9.86. The summed E-state index contributed by atoms with van der Waals surface area (Å²) in [4.78, 5) is 0. The van der Waals surface area contributed by atoms with Crippen molar-refractivity contribution in [3.05, 3.63) is 35.5 Å². The minimum absolute atomic E-state index is 0.172. The summed E-state index contributed by atoms with van der Waals surface area (Å²) >= 11 is 0. The number of hydrogen-bond acceptors (Lipinski definition) is 1. The van der Waals surface area contributed by atoms with Crippen molar-refractivity contribution in [2.45, 2.75) is 58.1 Å². The zero-order valence-corrected chi connectivity index (χ0v) is 13.2. The summed E-state index contributed by atoms with van der Waals surface area (Å²) in [6.07, 6.45) is 2.71. The summed E-state index contributed by atoms with van der Waals surface area (Å²) in [5.41, 5.74) is 4.33. The normalized spacial score (nSPS) is 23.1. The Labute approximate surface area is 121 Å². The zero-order chi connectivity index (χ0) is 14.5. The molecule has 1 aliphatic carbocycles. The van der Waals surface area contributed by atoms with Gasteiger partial charge in [-0.05, 0) is 42.8 Å². The summed E-state index contributed by atoms with van der Waals surface area (Å²) in [5, 5.41) is 1.36. The van der Waals surface area contributed by atoms with Crippen molar-refractivity contribution in [1.82, 2.24) is 4.57 Å². The molecule has 20 heavy (non-hydrogen) atoms. The zero-order valence-electron chi connectivity index (χ0n) is 13.2. The van der Waals surface area contributed by atoms with Gasteiger partial charge in [-0.15, -0.1) is 0 Å². The molecule has 0 bridgehead atoms. The van der Waals surface area contributed by atoms with Crippen LogP contribution in [0.3, 0.4) is 0 Å². The summed E-state index contributed by atoms with van der Waals surface area (Å²) < 4.78 is 8.03. The number of benzene rings is 1. The number of nitrogens with zero attached hydrogens (tertiary/aromatic N) is 1. The van der Waals surface area contributed by atoms with Crippen molar-refractivity contribution in [3.8, 4) is 0 Å². The minimum Gasteiger partial charge on any atom is -0.381 e. The van der Waals surface area contributed by atoms with E-state index in [0.717, 1.165) is 12.8 Å². The summed E-state index contributed by atoms with van der Waals surface area (Å²) in [5.74, 6) is 0. The van der Waals surface area contributed by atoms with E-state index in [1.165, 1.54) is 22.2 Å². The molecule has 2 heteroatoms. The van der Waals surface area contributed by atoms with E-state index in [-0.39, 0.29) is 5.41 Å². The number of hydrogen-bond donors (Lipinski definition) is 0. The third kappa shape index (κ3) is 2.16. The predicted molar refractivity (Wildman–Crippen MR) is 84.4 cm³/mol. The average Bonchev–Trinajstić information content (AvgIpc) is 2.67. The van der Waals surface area contributed by atoms with Crippen molar-refractivity contribution in [2.24, 2.45) is 0 Å². The van der Waals surface area contributed by atoms with Crippen LogP contribution < -0.4 is 0 Å².